The SMILES string of the molecule is O=C(NC[C@H]1CCCO1)c1ccc2c(c1)N(Cc1ccccc1)C(=O)c1ccccc1[S@]2=O. The molecule has 3 aromatic rings. The zero-order chi connectivity index (χ0) is 22.8. The van der Waals surface area contributed by atoms with E-state index in [-0.39, 0.29) is 17.9 Å². The van der Waals surface area contributed by atoms with E-state index in [1.807, 2.05) is 30.3 Å². The molecule has 2 amide bonds. The van der Waals surface area contributed by atoms with E-state index in [1.165, 1.54) is 0 Å². The molecule has 6 nitrogen and oxygen atoms in total. The lowest BCUT2D eigenvalue weighted by Crippen LogP contribution is -2.33. The molecule has 5 rings (SSSR count). The summed E-state index contributed by atoms with van der Waals surface area (Å²) in [4.78, 5) is 29.1. The Hall–Kier alpha value is -3.29. The van der Waals surface area contributed by atoms with Crippen LogP contribution in [-0.2, 0) is 22.1 Å². The summed E-state index contributed by atoms with van der Waals surface area (Å²) in [6.45, 7) is 1.47. The summed E-state index contributed by atoms with van der Waals surface area (Å²) in [5.41, 5.74) is 2.26. The number of fused-ring (bicyclic) bond motifs is 2. The molecule has 3 aromatic carbocycles. The fourth-order valence-electron chi connectivity index (χ4n) is 4.24. The van der Waals surface area contributed by atoms with Gasteiger partial charge in [-0.2, -0.15) is 0 Å². The third kappa shape index (κ3) is 4.34. The molecule has 0 radical (unpaired) electrons. The number of hydrogen-bond donors (Lipinski definition) is 1. The Labute approximate surface area is 195 Å². The van der Waals surface area contributed by atoms with E-state index in [2.05, 4.69) is 5.32 Å². The van der Waals surface area contributed by atoms with Gasteiger partial charge in [0.1, 0.15) is 0 Å². The van der Waals surface area contributed by atoms with Crippen LogP contribution in [0.5, 0.6) is 0 Å². The van der Waals surface area contributed by atoms with Crippen molar-refractivity contribution in [3.05, 3.63) is 89.5 Å². The molecule has 0 aromatic heterocycles. The maximum absolute atomic E-state index is 13.6. The third-order valence-electron chi connectivity index (χ3n) is 5.97. The van der Waals surface area contributed by atoms with Crippen LogP contribution in [0.1, 0.15) is 39.1 Å². The zero-order valence-electron chi connectivity index (χ0n) is 18.0. The van der Waals surface area contributed by atoms with Gasteiger partial charge in [0.15, 0.2) is 0 Å². The molecular formula is C26H24N2O4S. The second kappa shape index (κ2) is 9.29. The Balaban J connectivity index is 1.53. The van der Waals surface area contributed by atoms with Crippen molar-refractivity contribution in [3.63, 3.8) is 0 Å². The molecule has 0 aliphatic carbocycles. The number of benzene rings is 3. The van der Waals surface area contributed by atoms with Crippen molar-refractivity contribution in [1.29, 1.82) is 0 Å². The minimum Gasteiger partial charge on any atom is -0.376 e. The van der Waals surface area contributed by atoms with Gasteiger partial charge in [-0.1, -0.05) is 42.5 Å². The lowest BCUT2D eigenvalue weighted by Gasteiger charge is -2.23. The van der Waals surface area contributed by atoms with Gasteiger partial charge in [0.25, 0.3) is 11.8 Å². The number of rotatable bonds is 5. The van der Waals surface area contributed by atoms with E-state index < -0.39 is 10.8 Å². The molecule has 2 aliphatic rings. The number of carbonyl (C=O) groups is 2. The molecule has 168 valence electrons. The maximum Gasteiger partial charge on any atom is 0.259 e. The third-order valence-corrected chi connectivity index (χ3v) is 7.47. The van der Waals surface area contributed by atoms with Gasteiger partial charge in [0.2, 0.25) is 0 Å². The second-order valence-electron chi connectivity index (χ2n) is 8.17. The summed E-state index contributed by atoms with van der Waals surface area (Å²) in [7, 11) is -1.55. The Morgan fingerprint density at radius 3 is 2.61 bits per heavy atom. The predicted octanol–water partition coefficient (Wildman–Crippen LogP) is 3.92. The molecule has 1 saturated heterocycles. The van der Waals surface area contributed by atoms with Crippen molar-refractivity contribution in [2.45, 2.75) is 35.3 Å². The van der Waals surface area contributed by atoms with Gasteiger partial charge in [-0.25, -0.2) is 4.21 Å². The highest BCUT2D eigenvalue weighted by molar-refractivity contribution is 7.85. The van der Waals surface area contributed by atoms with Crippen LogP contribution in [0.15, 0.2) is 82.6 Å². The lowest BCUT2D eigenvalue weighted by atomic mass is 10.1. The number of nitrogens with zero attached hydrogens (tertiary/aromatic N) is 1. The molecule has 1 N–H and O–H groups in total. The van der Waals surface area contributed by atoms with Gasteiger partial charge in [-0.3, -0.25) is 9.59 Å². The largest absolute Gasteiger partial charge is 0.376 e. The van der Waals surface area contributed by atoms with Crippen LogP contribution in [0.4, 0.5) is 5.69 Å². The maximum atomic E-state index is 13.6. The van der Waals surface area contributed by atoms with Gasteiger partial charge in [0, 0.05) is 18.7 Å². The molecule has 2 aliphatic heterocycles. The van der Waals surface area contributed by atoms with Crippen LogP contribution in [0, 0.1) is 0 Å². The standard InChI is InChI=1S/C26H24N2O4S/c29-25(27-16-20-9-6-14-32-20)19-12-13-24-22(15-19)28(17-18-7-2-1-3-8-18)26(30)21-10-4-5-11-23(21)33(24)31/h1-5,7-8,10-13,15,20H,6,9,14,16-17H2,(H,27,29)/t20-,33-/m1/s1. The van der Waals surface area contributed by atoms with Crippen molar-refractivity contribution in [2.75, 3.05) is 18.1 Å². The van der Waals surface area contributed by atoms with Crippen LogP contribution >= 0.6 is 0 Å². The van der Waals surface area contributed by atoms with Crippen LogP contribution in [0.25, 0.3) is 0 Å². The van der Waals surface area contributed by atoms with Gasteiger partial charge in [-0.15, -0.1) is 0 Å². The normalized spacial score (nSPS) is 19.5. The van der Waals surface area contributed by atoms with Crippen molar-refractivity contribution >= 4 is 28.3 Å². The van der Waals surface area contributed by atoms with Gasteiger partial charge >= 0.3 is 0 Å². The highest BCUT2D eigenvalue weighted by atomic mass is 32.2. The summed E-state index contributed by atoms with van der Waals surface area (Å²) in [5, 5.41) is 2.92. The Morgan fingerprint density at radius 2 is 1.82 bits per heavy atom. The highest BCUT2D eigenvalue weighted by Gasteiger charge is 2.31. The summed E-state index contributed by atoms with van der Waals surface area (Å²) >= 11 is 0. The number of carbonyl (C=O) groups excluding carboxylic acids is 2. The highest BCUT2D eigenvalue weighted by Crippen LogP contribution is 2.36. The minimum absolute atomic E-state index is 0.0351. The van der Waals surface area contributed by atoms with Crippen molar-refractivity contribution in [1.82, 2.24) is 5.32 Å². The average Bonchev–Trinajstić information content (AvgIpc) is 3.36. The lowest BCUT2D eigenvalue weighted by molar-refractivity contribution is 0.0857. The smallest absolute Gasteiger partial charge is 0.259 e. The number of anilines is 1. The molecular weight excluding hydrogens is 436 g/mol. The fourth-order valence-corrected chi connectivity index (χ4v) is 5.59. The first-order valence-corrected chi connectivity index (χ1v) is 12.2. The summed E-state index contributed by atoms with van der Waals surface area (Å²) in [6.07, 6.45) is 1.97. The van der Waals surface area contributed by atoms with Crippen LogP contribution in [0.3, 0.4) is 0 Å². The van der Waals surface area contributed by atoms with Crippen LogP contribution < -0.4 is 10.2 Å². The molecule has 2 heterocycles. The molecule has 0 spiro atoms. The number of nitrogens with one attached hydrogen (secondary N) is 1. The molecule has 0 saturated carbocycles. The van der Waals surface area contributed by atoms with E-state index in [4.69, 9.17) is 4.74 Å². The number of ether oxygens (including phenoxy) is 1. The summed E-state index contributed by atoms with van der Waals surface area (Å²) < 4.78 is 19.1. The molecule has 33 heavy (non-hydrogen) atoms. The summed E-state index contributed by atoms with van der Waals surface area (Å²) in [5.74, 6) is -0.480. The van der Waals surface area contributed by atoms with E-state index in [0.29, 0.717) is 39.7 Å². The number of hydrogen-bond acceptors (Lipinski definition) is 4. The Kier molecular flexibility index (Phi) is 6.07. The van der Waals surface area contributed by atoms with Crippen LogP contribution in [-0.4, -0.2) is 35.3 Å². The topological polar surface area (TPSA) is 75.7 Å². The van der Waals surface area contributed by atoms with Crippen LogP contribution in [0.2, 0.25) is 0 Å². The Morgan fingerprint density at radius 1 is 1.03 bits per heavy atom. The predicted molar refractivity (Wildman–Crippen MR) is 126 cm³/mol. The van der Waals surface area contributed by atoms with Crippen molar-refractivity contribution in [2.24, 2.45) is 0 Å². The minimum atomic E-state index is -1.55. The monoisotopic (exact) mass is 460 g/mol. The van der Waals surface area contributed by atoms with Gasteiger partial charge in [0.05, 0.1) is 44.5 Å². The zero-order valence-corrected chi connectivity index (χ0v) is 18.8. The van der Waals surface area contributed by atoms with Gasteiger partial charge in [-0.05, 0) is 48.7 Å². The quantitative estimate of drug-likeness (QED) is 0.626. The first-order chi connectivity index (χ1) is 16.1. The molecule has 0 unspecified atom stereocenters. The summed E-state index contributed by atoms with van der Waals surface area (Å²) in [6, 6.07) is 21.7. The first-order valence-electron chi connectivity index (χ1n) is 11.0. The van der Waals surface area contributed by atoms with E-state index in [1.54, 1.807) is 47.4 Å². The molecule has 0 bridgehead atoms. The number of amides is 2. The average molecular weight is 461 g/mol. The van der Waals surface area contributed by atoms with Gasteiger partial charge < -0.3 is 15.0 Å². The van der Waals surface area contributed by atoms with Crippen molar-refractivity contribution < 1.29 is 18.5 Å². The molecule has 1 fully saturated rings. The van der Waals surface area contributed by atoms with Crippen molar-refractivity contribution in [3.8, 4) is 0 Å². The fraction of sp³-hybridized carbons (Fsp3) is 0.231. The van der Waals surface area contributed by atoms with E-state index >= 15 is 0 Å². The molecule has 7 heteroatoms. The first kappa shape index (κ1) is 21.6. The second-order valence-corrected chi connectivity index (χ2v) is 9.59. The molecule has 2 atom stereocenters. The Bertz CT molecular complexity index is 1220. The van der Waals surface area contributed by atoms with E-state index in [0.717, 1.165) is 25.0 Å². The van der Waals surface area contributed by atoms with E-state index in [9.17, 15) is 13.8 Å².